The highest BCUT2D eigenvalue weighted by Gasteiger charge is 2.50. The fourth-order valence-corrected chi connectivity index (χ4v) is 9.64. The molecule has 0 bridgehead atoms. The molecule has 1 fully saturated rings. The van der Waals surface area contributed by atoms with E-state index >= 15 is 0 Å². The fourth-order valence-electron chi connectivity index (χ4n) is 6.09. The number of anilines is 1. The van der Waals surface area contributed by atoms with Crippen LogP contribution in [0.5, 0.6) is 0 Å². The number of allylic oxidation sites excluding steroid dienone is 4. The first-order valence-electron chi connectivity index (χ1n) is 20.9. The Kier molecular flexibility index (Phi) is 23.5. The summed E-state index contributed by atoms with van der Waals surface area (Å²) in [5.74, 6) is -1.06. The summed E-state index contributed by atoms with van der Waals surface area (Å²) in [5.41, 5.74) is 4.28. The van der Waals surface area contributed by atoms with Crippen LogP contribution < -0.4 is 16.4 Å². The molecule has 1 aliphatic heterocycles. The molecular weight excluding hydrogens is 939 g/mol. The van der Waals surface area contributed by atoms with Crippen LogP contribution in [0.15, 0.2) is 37.0 Å². The highest BCUT2D eigenvalue weighted by Crippen LogP contribution is 2.61. The molecule has 368 valence electrons. The van der Waals surface area contributed by atoms with Crippen molar-refractivity contribution in [2.24, 2.45) is 5.41 Å². The summed E-state index contributed by atoms with van der Waals surface area (Å²) in [6.45, 7) is 2.74. The lowest BCUT2D eigenvalue weighted by Crippen LogP contribution is -2.46. The molecule has 0 spiro atoms. The van der Waals surface area contributed by atoms with E-state index in [4.69, 9.17) is 19.5 Å². The Hall–Kier alpha value is -2.96. The van der Waals surface area contributed by atoms with Crippen LogP contribution in [0.3, 0.4) is 0 Å². The zero-order chi connectivity index (χ0) is 48.3. The molecule has 28 heteroatoms. The summed E-state index contributed by atoms with van der Waals surface area (Å²) in [6, 6.07) is 0. The van der Waals surface area contributed by atoms with Gasteiger partial charge in [0.2, 0.25) is 11.8 Å². The standard InChI is InChI=1S/C37H62N7O17P3S/c1-4-5-6-7-8-9-10-11-12-13-14-15-16-17-28(46)65-21-20-39-27(45)18-19-40-35(49)32(48)37(2,3)23-58-64(55,56)61-63(53,54)57-22-26-31(60-62(50,51)52)30(47)36(59-26)44-25-43-29-33(38)41-24-42-34(29)44/h9-10,12-13,24-26,30-32,36,47-48H,4-8,11,14-23H2,1-3H3,(H,39,45)(H,40,49)(H,53,54)(H,55,56)(H2,38,41,42)(H2,50,51,52)/b10-9-,13-12-/t26-,30-,31-,32+,36-/m1/s1. The molecule has 1 aliphatic rings. The largest absolute Gasteiger partial charge is 0.481 e. The number of carbonyl (C=O) groups excluding carboxylic acids is 3. The molecule has 0 radical (unpaired) electrons. The topological polar surface area (TPSA) is 364 Å². The summed E-state index contributed by atoms with van der Waals surface area (Å²) in [5, 5.41) is 26.6. The van der Waals surface area contributed by atoms with Gasteiger partial charge in [-0.15, -0.1) is 0 Å². The molecule has 2 aromatic heterocycles. The monoisotopic (exact) mass is 1000 g/mol. The third kappa shape index (κ3) is 20.4. The first-order chi connectivity index (χ1) is 30.6. The highest BCUT2D eigenvalue weighted by molar-refractivity contribution is 8.13. The quantitative estimate of drug-likeness (QED) is 0.0295. The van der Waals surface area contributed by atoms with Gasteiger partial charge in [-0.25, -0.2) is 28.6 Å². The molecule has 10 N–H and O–H groups in total. The Balaban J connectivity index is 1.34. The number of aromatic nitrogens is 4. The molecule has 3 heterocycles. The zero-order valence-electron chi connectivity index (χ0n) is 36.5. The molecule has 2 amide bonds. The number of phosphoric ester groups is 3. The van der Waals surface area contributed by atoms with Crippen LogP contribution in [0.1, 0.15) is 97.6 Å². The molecule has 7 atom stereocenters. The van der Waals surface area contributed by atoms with Crippen LogP contribution in [-0.2, 0) is 50.7 Å². The summed E-state index contributed by atoms with van der Waals surface area (Å²) < 4.78 is 62.4. The third-order valence-electron chi connectivity index (χ3n) is 9.60. The van der Waals surface area contributed by atoms with E-state index in [1.54, 1.807) is 0 Å². The maximum absolute atomic E-state index is 12.7. The minimum absolute atomic E-state index is 0.0317. The number of carbonyl (C=O) groups is 3. The average molecular weight is 1000 g/mol. The number of nitrogens with zero attached hydrogens (tertiary/aromatic N) is 4. The lowest BCUT2D eigenvalue weighted by molar-refractivity contribution is -0.137. The van der Waals surface area contributed by atoms with Gasteiger partial charge in [-0.3, -0.25) is 32.5 Å². The van der Waals surface area contributed by atoms with Crippen LogP contribution in [0, 0.1) is 5.41 Å². The second-order valence-corrected chi connectivity index (χ2v) is 21.0. The molecule has 2 unspecified atom stereocenters. The van der Waals surface area contributed by atoms with Gasteiger partial charge in [0.15, 0.2) is 22.8 Å². The highest BCUT2D eigenvalue weighted by atomic mass is 32.2. The van der Waals surface area contributed by atoms with Crippen LogP contribution in [0.4, 0.5) is 5.82 Å². The molecule has 3 rings (SSSR count). The van der Waals surface area contributed by atoms with E-state index in [9.17, 15) is 57.9 Å². The minimum Gasteiger partial charge on any atom is -0.386 e. The predicted octanol–water partition coefficient (Wildman–Crippen LogP) is 3.70. The minimum atomic E-state index is -5.58. The number of nitrogens with one attached hydrogen (secondary N) is 2. The Morgan fingerprint density at radius 1 is 0.938 bits per heavy atom. The summed E-state index contributed by atoms with van der Waals surface area (Å²) in [7, 11) is -16.4. The van der Waals surface area contributed by atoms with Gasteiger partial charge in [-0.1, -0.05) is 76.1 Å². The number of fused-ring (bicyclic) bond motifs is 1. The SMILES string of the molecule is CCCCCC/C=C\C/C=C\CCCCC(=O)SCCNC(=O)CCNC(=O)[C@H](O)C(C)(C)COP(=O)(O)OP(=O)(O)OC[C@H]1O[C@@H](n2cnc3c(N)ncnc32)[C@H](O)[C@@H]1OP(=O)(O)O. The van der Waals surface area contributed by atoms with E-state index in [-0.39, 0.29) is 41.6 Å². The van der Waals surface area contributed by atoms with Gasteiger partial charge in [0.25, 0.3) is 0 Å². The van der Waals surface area contributed by atoms with E-state index < -0.39 is 84.6 Å². The summed E-state index contributed by atoms with van der Waals surface area (Å²) >= 11 is 1.13. The number of rotatable bonds is 31. The number of aliphatic hydroxyl groups is 2. The van der Waals surface area contributed by atoms with Crippen molar-refractivity contribution in [3.8, 4) is 0 Å². The van der Waals surface area contributed by atoms with Crippen molar-refractivity contribution in [1.82, 2.24) is 30.2 Å². The van der Waals surface area contributed by atoms with Crippen molar-refractivity contribution in [2.45, 2.75) is 122 Å². The number of aliphatic hydroxyl groups excluding tert-OH is 2. The average Bonchev–Trinajstić information content (AvgIpc) is 3.79. The number of phosphoric acid groups is 3. The second-order valence-electron chi connectivity index (χ2n) is 15.6. The molecule has 0 aliphatic carbocycles. The molecule has 1 saturated heterocycles. The van der Waals surface area contributed by atoms with E-state index in [0.717, 1.165) is 61.1 Å². The number of ether oxygens (including phenoxy) is 1. The molecule has 0 saturated carbocycles. The normalized spacial score (nSPS) is 20.6. The summed E-state index contributed by atoms with van der Waals surface area (Å²) in [4.78, 5) is 88.2. The van der Waals surface area contributed by atoms with Crippen molar-refractivity contribution in [2.75, 3.05) is 37.8 Å². The second kappa shape index (κ2) is 27.1. The smallest absolute Gasteiger partial charge is 0.386 e. The van der Waals surface area contributed by atoms with Crippen LogP contribution in [0.25, 0.3) is 11.2 Å². The molecule has 24 nitrogen and oxygen atoms in total. The molecule has 65 heavy (non-hydrogen) atoms. The van der Waals surface area contributed by atoms with Crippen LogP contribution in [0.2, 0.25) is 0 Å². The number of hydrogen-bond donors (Lipinski definition) is 9. The van der Waals surface area contributed by atoms with E-state index in [0.29, 0.717) is 12.2 Å². The van der Waals surface area contributed by atoms with Gasteiger partial charge in [0.05, 0.1) is 19.5 Å². The number of hydrogen-bond acceptors (Lipinski definition) is 18. The van der Waals surface area contributed by atoms with Crippen molar-refractivity contribution in [3.63, 3.8) is 0 Å². The number of thioether (sulfide) groups is 1. The van der Waals surface area contributed by atoms with Gasteiger partial charge < -0.3 is 50.9 Å². The maximum atomic E-state index is 12.7. The lowest BCUT2D eigenvalue weighted by Gasteiger charge is -2.30. The van der Waals surface area contributed by atoms with Crippen molar-refractivity contribution in [3.05, 3.63) is 37.0 Å². The number of unbranched alkanes of at least 4 members (excludes halogenated alkanes) is 6. The fraction of sp³-hybridized carbons (Fsp3) is 0.676. The summed E-state index contributed by atoms with van der Waals surface area (Å²) in [6.07, 6.45) is 11.8. The van der Waals surface area contributed by atoms with Gasteiger partial charge >= 0.3 is 23.5 Å². The van der Waals surface area contributed by atoms with Crippen LogP contribution in [-0.4, -0.2) is 123 Å². The Morgan fingerprint density at radius 2 is 1.62 bits per heavy atom. The number of imidazole rings is 1. The number of nitrogen functional groups attached to an aromatic ring is 1. The van der Waals surface area contributed by atoms with Gasteiger partial charge in [-0.05, 0) is 38.5 Å². The molecule has 2 aromatic rings. The number of amides is 2. The van der Waals surface area contributed by atoms with Gasteiger partial charge in [0, 0.05) is 37.1 Å². The number of nitrogens with two attached hydrogens (primary N) is 1. The lowest BCUT2D eigenvalue weighted by atomic mass is 9.87. The zero-order valence-corrected chi connectivity index (χ0v) is 40.0. The Morgan fingerprint density at radius 3 is 2.29 bits per heavy atom. The van der Waals surface area contributed by atoms with Gasteiger partial charge in [0.1, 0.15) is 36.3 Å². The maximum Gasteiger partial charge on any atom is 0.481 e. The van der Waals surface area contributed by atoms with E-state index in [1.165, 1.54) is 39.5 Å². The Bertz CT molecular complexity index is 2050. The predicted molar refractivity (Wildman–Crippen MR) is 237 cm³/mol. The van der Waals surface area contributed by atoms with Crippen molar-refractivity contribution >= 4 is 69.1 Å². The molecule has 0 aromatic carbocycles. The Labute approximate surface area is 381 Å². The first-order valence-corrected chi connectivity index (χ1v) is 26.4. The van der Waals surface area contributed by atoms with E-state index in [2.05, 4.69) is 65.6 Å². The van der Waals surface area contributed by atoms with Crippen LogP contribution >= 0.6 is 35.2 Å². The van der Waals surface area contributed by atoms with Crippen molar-refractivity contribution in [1.29, 1.82) is 0 Å². The van der Waals surface area contributed by atoms with Crippen molar-refractivity contribution < 1.29 is 80.5 Å². The first kappa shape index (κ1) is 56.4. The molecular formula is C37H62N7O17P3S. The van der Waals surface area contributed by atoms with E-state index in [1.807, 2.05) is 0 Å². The third-order valence-corrected chi connectivity index (χ3v) is 13.6. The van der Waals surface area contributed by atoms with Gasteiger partial charge in [-0.2, -0.15) is 4.31 Å².